The van der Waals surface area contributed by atoms with Crippen molar-refractivity contribution in [1.82, 2.24) is 15.3 Å². The highest BCUT2D eigenvalue weighted by Crippen LogP contribution is 2.26. The molecule has 0 atom stereocenters. The van der Waals surface area contributed by atoms with E-state index in [0.717, 1.165) is 69.3 Å². The fourth-order valence-corrected chi connectivity index (χ4v) is 3.52. The molecule has 2 N–H and O–H groups in total. The number of fused-ring (bicyclic) bond motifs is 2. The smallest absolute Gasteiger partial charge is 0.133 e. The SMILES string of the molecule is Cc1nc2c(c(NCc3ccc4c(c3)CCCO4)n1)CCNCC2.Cl.Cl. The molecule has 0 saturated carbocycles. The summed E-state index contributed by atoms with van der Waals surface area (Å²) in [6.45, 7) is 5.58. The summed E-state index contributed by atoms with van der Waals surface area (Å²) in [6.07, 6.45) is 4.17. The van der Waals surface area contributed by atoms with Gasteiger partial charge in [-0.2, -0.15) is 0 Å². The van der Waals surface area contributed by atoms with E-state index in [-0.39, 0.29) is 24.8 Å². The topological polar surface area (TPSA) is 59.1 Å². The van der Waals surface area contributed by atoms with E-state index < -0.39 is 0 Å². The quantitative estimate of drug-likeness (QED) is 0.833. The molecule has 2 aromatic rings. The van der Waals surface area contributed by atoms with Gasteiger partial charge in [-0.1, -0.05) is 12.1 Å². The fraction of sp³-hybridized carbons (Fsp3) is 0.474. The number of aromatic nitrogens is 2. The molecular weight excluding hydrogens is 371 g/mol. The highest BCUT2D eigenvalue weighted by atomic mass is 35.5. The first-order valence-electron chi connectivity index (χ1n) is 8.85. The van der Waals surface area contributed by atoms with Crippen LogP contribution in [-0.4, -0.2) is 29.7 Å². The lowest BCUT2D eigenvalue weighted by Crippen LogP contribution is -2.16. The van der Waals surface area contributed by atoms with Crippen molar-refractivity contribution in [2.24, 2.45) is 0 Å². The Balaban J connectivity index is 0.00000121. The van der Waals surface area contributed by atoms with Crippen LogP contribution in [0.4, 0.5) is 5.82 Å². The first-order valence-corrected chi connectivity index (χ1v) is 8.85. The molecule has 0 radical (unpaired) electrons. The number of nitrogens with zero attached hydrogens (tertiary/aromatic N) is 2. The summed E-state index contributed by atoms with van der Waals surface area (Å²) in [5, 5.41) is 6.98. The van der Waals surface area contributed by atoms with Gasteiger partial charge in [0.05, 0.1) is 12.3 Å². The summed E-state index contributed by atoms with van der Waals surface area (Å²) in [4.78, 5) is 9.30. The zero-order chi connectivity index (χ0) is 16.4. The third kappa shape index (κ3) is 4.58. The van der Waals surface area contributed by atoms with E-state index in [4.69, 9.17) is 4.74 Å². The van der Waals surface area contributed by atoms with Gasteiger partial charge in [0.15, 0.2) is 0 Å². The predicted molar refractivity (Wildman–Crippen MR) is 109 cm³/mol. The van der Waals surface area contributed by atoms with Crippen LogP contribution in [0, 0.1) is 6.92 Å². The molecular formula is C19H26Cl2N4O. The van der Waals surface area contributed by atoms with Crippen molar-refractivity contribution >= 4 is 30.6 Å². The zero-order valence-corrected chi connectivity index (χ0v) is 16.6. The van der Waals surface area contributed by atoms with Gasteiger partial charge in [-0.3, -0.25) is 0 Å². The van der Waals surface area contributed by atoms with Gasteiger partial charge in [0, 0.05) is 25.1 Å². The average molecular weight is 397 g/mol. The van der Waals surface area contributed by atoms with Crippen LogP contribution in [-0.2, 0) is 25.8 Å². The standard InChI is InChI=1S/C19H24N4O.2ClH/c1-13-22-17-7-9-20-8-6-16(17)19(23-13)21-12-14-4-5-18-15(11-14)3-2-10-24-18;;/h4-5,11,20H,2-3,6-10,12H2,1H3,(H,21,22,23);2*1H. The Hall–Kier alpha value is -1.56. The van der Waals surface area contributed by atoms with Crippen molar-refractivity contribution in [3.8, 4) is 5.75 Å². The fourth-order valence-electron chi connectivity index (χ4n) is 3.52. The van der Waals surface area contributed by atoms with Crippen LogP contribution in [0.5, 0.6) is 5.75 Å². The highest BCUT2D eigenvalue weighted by molar-refractivity contribution is 5.85. The molecule has 142 valence electrons. The molecule has 0 spiro atoms. The molecule has 1 aromatic heterocycles. The van der Waals surface area contributed by atoms with Crippen molar-refractivity contribution in [3.63, 3.8) is 0 Å². The largest absolute Gasteiger partial charge is 0.493 e. The first kappa shape index (κ1) is 20.7. The zero-order valence-electron chi connectivity index (χ0n) is 15.0. The summed E-state index contributed by atoms with van der Waals surface area (Å²) < 4.78 is 5.70. The third-order valence-electron chi connectivity index (χ3n) is 4.73. The normalized spacial score (nSPS) is 15.3. The van der Waals surface area contributed by atoms with Gasteiger partial charge in [-0.25, -0.2) is 9.97 Å². The van der Waals surface area contributed by atoms with Gasteiger partial charge in [-0.15, -0.1) is 24.8 Å². The van der Waals surface area contributed by atoms with Crippen LogP contribution >= 0.6 is 24.8 Å². The van der Waals surface area contributed by atoms with Crippen LogP contribution in [0.15, 0.2) is 18.2 Å². The lowest BCUT2D eigenvalue weighted by atomic mass is 10.0. The summed E-state index contributed by atoms with van der Waals surface area (Å²) in [5.74, 6) is 2.88. The number of halogens is 2. The highest BCUT2D eigenvalue weighted by Gasteiger charge is 2.16. The van der Waals surface area contributed by atoms with E-state index in [2.05, 4.69) is 38.8 Å². The maximum absolute atomic E-state index is 5.70. The summed E-state index contributed by atoms with van der Waals surface area (Å²) in [7, 11) is 0. The first-order chi connectivity index (χ1) is 11.8. The number of aryl methyl sites for hydroxylation is 2. The van der Waals surface area contributed by atoms with Gasteiger partial charge < -0.3 is 15.4 Å². The van der Waals surface area contributed by atoms with Gasteiger partial charge in [0.2, 0.25) is 0 Å². The lowest BCUT2D eigenvalue weighted by molar-refractivity contribution is 0.288. The predicted octanol–water partition coefficient (Wildman–Crippen LogP) is 3.25. The molecule has 0 aliphatic carbocycles. The van der Waals surface area contributed by atoms with Crippen LogP contribution in [0.2, 0.25) is 0 Å². The second-order valence-electron chi connectivity index (χ2n) is 6.54. The Labute approximate surface area is 167 Å². The molecule has 7 heteroatoms. The van der Waals surface area contributed by atoms with E-state index in [1.807, 2.05) is 6.92 Å². The molecule has 2 aliphatic heterocycles. The van der Waals surface area contributed by atoms with Gasteiger partial charge >= 0.3 is 0 Å². The molecule has 2 aliphatic rings. The van der Waals surface area contributed by atoms with Gasteiger partial charge in [0.25, 0.3) is 0 Å². The lowest BCUT2D eigenvalue weighted by Gasteiger charge is -2.18. The Kier molecular flexibility index (Phi) is 7.50. The van der Waals surface area contributed by atoms with Gasteiger partial charge in [-0.05, 0) is 49.9 Å². The summed E-state index contributed by atoms with van der Waals surface area (Å²) in [6, 6.07) is 6.50. The van der Waals surface area contributed by atoms with Crippen LogP contribution in [0.25, 0.3) is 0 Å². The van der Waals surface area contributed by atoms with Crippen molar-refractivity contribution in [1.29, 1.82) is 0 Å². The summed E-state index contributed by atoms with van der Waals surface area (Å²) >= 11 is 0. The van der Waals surface area contributed by atoms with Gasteiger partial charge in [0.1, 0.15) is 17.4 Å². The number of hydrogen-bond donors (Lipinski definition) is 2. The molecule has 3 heterocycles. The molecule has 5 nitrogen and oxygen atoms in total. The minimum Gasteiger partial charge on any atom is -0.493 e. The van der Waals surface area contributed by atoms with E-state index >= 15 is 0 Å². The molecule has 4 rings (SSSR count). The second kappa shape index (κ2) is 9.40. The number of anilines is 1. The Morgan fingerprint density at radius 1 is 1.12 bits per heavy atom. The number of benzene rings is 1. The molecule has 0 bridgehead atoms. The van der Waals surface area contributed by atoms with Crippen LogP contribution in [0.1, 0.15) is 34.6 Å². The molecule has 0 fully saturated rings. The summed E-state index contributed by atoms with van der Waals surface area (Å²) in [5.41, 5.74) is 5.05. The second-order valence-corrected chi connectivity index (χ2v) is 6.54. The average Bonchev–Trinajstić information content (AvgIpc) is 2.85. The molecule has 0 amide bonds. The van der Waals surface area contributed by atoms with Crippen molar-refractivity contribution in [2.45, 2.75) is 39.2 Å². The number of hydrogen-bond acceptors (Lipinski definition) is 5. The molecule has 26 heavy (non-hydrogen) atoms. The van der Waals surface area contributed by atoms with Crippen LogP contribution in [0.3, 0.4) is 0 Å². The Morgan fingerprint density at radius 2 is 1.96 bits per heavy atom. The monoisotopic (exact) mass is 396 g/mol. The minimum absolute atomic E-state index is 0. The molecule has 0 unspecified atom stereocenters. The number of ether oxygens (including phenoxy) is 1. The van der Waals surface area contributed by atoms with E-state index in [1.54, 1.807) is 0 Å². The maximum atomic E-state index is 5.70. The van der Waals surface area contributed by atoms with E-state index in [1.165, 1.54) is 22.4 Å². The Bertz CT molecular complexity index is 755. The van der Waals surface area contributed by atoms with Crippen molar-refractivity contribution in [2.75, 3.05) is 25.0 Å². The maximum Gasteiger partial charge on any atom is 0.133 e. The number of nitrogens with one attached hydrogen (secondary N) is 2. The molecule has 1 aromatic carbocycles. The van der Waals surface area contributed by atoms with E-state index in [0.29, 0.717) is 0 Å². The minimum atomic E-state index is 0. The molecule has 0 saturated heterocycles. The number of rotatable bonds is 3. The van der Waals surface area contributed by atoms with E-state index in [9.17, 15) is 0 Å². The third-order valence-corrected chi connectivity index (χ3v) is 4.73. The van der Waals surface area contributed by atoms with Crippen LogP contribution < -0.4 is 15.4 Å². The Morgan fingerprint density at radius 3 is 2.85 bits per heavy atom. The van der Waals surface area contributed by atoms with Crippen molar-refractivity contribution in [3.05, 3.63) is 46.4 Å². The van der Waals surface area contributed by atoms with Crippen molar-refractivity contribution < 1.29 is 4.74 Å².